The molecular formula is C15H8ClF4N5S. The number of para-hydroxylation sites is 1. The Morgan fingerprint density at radius 2 is 1.65 bits per heavy atom. The Morgan fingerprint density at radius 3 is 2.31 bits per heavy atom. The number of hydrogen-bond acceptors (Lipinski definition) is 6. The molecule has 5 nitrogen and oxygen atoms in total. The lowest BCUT2D eigenvalue weighted by molar-refractivity contribution is 0.411. The molecule has 11 heteroatoms. The lowest BCUT2D eigenvalue weighted by Crippen LogP contribution is -2.05. The number of rotatable bonds is 5. The first-order valence-corrected chi connectivity index (χ1v) is 8.12. The van der Waals surface area contributed by atoms with E-state index in [0.29, 0.717) is 10.0 Å². The molecule has 3 rings (SSSR count). The van der Waals surface area contributed by atoms with Crippen LogP contribution in [0.15, 0.2) is 35.4 Å². The number of hydrazone groups is 1. The highest BCUT2D eigenvalue weighted by Gasteiger charge is 2.20. The highest BCUT2D eigenvalue weighted by molar-refractivity contribution is 7.17. The molecule has 0 bridgehead atoms. The molecule has 2 N–H and O–H groups in total. The van der Waals surface area contributed by atoms with E-state index in [2.05, 4.69) is 20.4 Å². The van der Waals surface area contributed by atoms with Crippen molar-refractivity contribution in [2.45, 2.75) is 0 Å². The highest BCUT2D eigenvalue weighted by atomic mass is 35.5. The molecule has 0 unspecified atom stereocenters. The van der Waals surface area contributed by atoms with Gasteiger partial charge in [0.15, 0.2) is 10.3 Å². The van der Waals surface area contributed by atoms with Gasteiger partial charge in [-0.25, -0.2) is 4.98 Å². The van der Waals surface area contributed by atoms with Gasteiger partial charge in [0.1, 0.15) is 5.69 Å². The van der Waals surface area contributed by atoms with Crippen LogP contribution in [-0.2, 0) is 0 Å². The molecule has 0 atom stereocenters. The number of hydrogen-bond donors (Lipinski definition) is 2. The minimum atomic E-state index is -1.79. The average Bonchev–Trinajstić information content (AvgIpc) is 2.96. The SMILES string of the molecule is Fc1nc(F)c(F)c(NN=Cc2sc(Nc3ccccc3)nc2Cl)c1F. The summed E-state index contributed by atoms with van der Waals surface area (Å²) in [6.45, 7) is 0. The van der Waals surface area contributed by atoms with E-state index in [9.17, 15) is 17.6 Å². The first-order chi connectivity index (χ1) is 12.5. The average molecular weight is 402 g/mol. The number of nitrogens with zero attached hydrogens (tertiary/aromatic N) is 3. The van der Waals surface area contributed by atoms with Gasteiger partial charge in [0, 0.05) is 5.69 Å². The predicted octanol–water partition coefficient (Wildman–Crippen LogP) is 4.94. The number of benzene rings is 1. The third-order valence-corrected chi connectivity index (χ3v) is 4.30. The second-order valence-electron chi connectivity index (χ2n) is 4.73. The first kappa shape index (κ1) is 18.1. The van der Waals surface area contributed by atoms with Crippen molar-refractivity contribution >= 4 is 45.7 Å². The zero-order valence-electron chi connectivity index (χ0n) is 12.6. The molecule has 2 aromatic heterocycles. The van der Waals surface area contributed by atoms with Gasteiger partial charge >= 0.3 is 0 Å². The van der Waals surface area contributed by atoms with Crippen molar-refractivity contribution < 1.29 is 17.6 Å². The van der Waals surface area contributed by atoms with Crippen LogP contribution in [0.5, 0.6) is 0 Å². The summed E-state index contributed by atoms with van der Waals surface area (Å²) in [6.07, 6.45) is 1.12. The standard InChI is InChI=1S/C15H8ClF4N5S/c16-12-8(26-15(23-12)22-7-4-2-1-3-5-7)6-21-25-11-9(17)13(19)24-14(20)10(11)18/h1-6H,(H,22,23)(H,24,25). The zero-order chi connectivity index (χ0) is 18.7. The third kappa shape index (κ3) is 3.92. The lowest BCUT2D eigenvalue weighted by Gasteiger charge is -2.04. The third-order valence-electron chi connectivity index (χ3n) is 2.99. The molecule has 0 saturated heterocycles. The minimum Gasteiger partial charge on any atom is -0.331 e. The van der Waals surface area contributed by atoms with E-state index in [1.807, 2.05) is 35.8 Å². The topological polar surface area (TPSA) is 62.2 Å². The van der Waals surface area contributed by atoms with Crippen LogP contribution in [-0.4, -0.2) is 16.2 Å². The van der Waals surface area contributed by atoms with Crippen molar-refractivity contribution in [3.8, 4) is 0 Å². The van der Waals surface area contributed by atoms with Gasteiger partial charge in [0.2, 0.25) is 11.6 Å². The summed E-state index contributed by atoms with van der Waals surface area (Å²) >= 11 is 7.08. The van der Waals surface area contributed by atoms with Crippen LogP contribution in [0.25, 0.3) is 0 Å². The maximum absolute atomic E-state index is 13.5. The Kier molecular flexibility index (Phi) is 5.33. The van der Waals surface area contributed by atoms with Gasteiger partial charge in [-0.3, -0.25) is 5.43 Å². The Morgan fingerprint density at radius 1 is 1.00 bits per heavy atom. The van der Waals surface area contributed by atoms with Crippen LogP contribution < -0.4 is 10.7 Å². The van der Waals surface area contributed by atoms with Crippen molar-refractivity contribution in [2.24, 2.45) is 5.10 Å². The fourth-order valence-electron chi connectivity index (χ4n) is 1.83. The lowest BCUT2D eigenvalue weighted by atomic mass is 10.3. The van der Waals surface area contributed by atoms with E-state index in [4.69, 9.17) is 11.6 Å². The van der Waals surface area contributed by atoms with Crippen molar-refractivity contribution in [1.82, 2.24) is 9.97 Å². The van der Waals surface area contributed by atoms with Crippen molar-refractivity contribution in [2.75, 3.05) is 10.7 Å². The van der Waals surface area contributed by atoms with Crippen molar-refractivity contribution in [1.29, 1.82) is 0 Å². The van der Waals surface area contributed by atoms with Gasteiger partial charge in [-0.2, -0.15) is 27.6 Å². The molecule has 0 radical (unpaired) electrons. The molecule has 0 spiro atoms. The largest absolute Gasteiger partial charge is 0.331 e. The molecule has 26 heavy (non-hydrogen) atoms. The van der Waals surface area contributed by atoms with E-state index in [1.165, 1.54) is 0 Å². The monoisotopic (exact) mass is 401 g/mol. The number of pyridine rings is 1. The maximum atomic E-state index is 13.5. The zero-order valence-corrected chi connectivity index (χ0v) is 14.2. The van der Waals surface area contributed by atoms with E-state index in [0.717, 1.165) is 23.2 Å². The van der Waals surface area contributed by atoms with Crippen LogP contribution in [0.3, 0.4) is 0 Å². The normalized spacial score (nSPS) is 11.1. The van der Waals surface area contributed by atoms with Gasteiger partial charge < -0.3 is 5.32 Å². The molecule has 0 saturated carbocycles. The quantitative estimate of drug-likeness (QED) is 0.275. The summed E-state index contributed by atoms with van der Waals surface area (Å²) in [4.78, 5) is 6.87. The maximum Gasteiger partial charge on any atom is 0.254 e. The van der Waals surface area contributed by atoms with Gasteiger partial charge in [-0.15, -0.1) is 0 Å². The molecule has 134 valence electrons. The van der Waals surface area contributed by atoms with Crippen molar-refractivity contribution in [3.05, 3.63) is 63.9 Å². The molecule has 0 fully saturated rings. The van der Waals surface area contributed by atoms with Crippen molar-refractivity contribution in [3.63, 3.8) is 0 Å². The fourth-order valence-corrected chi connectivity index (χ4v) is 2.88. The molecule has 0 aliphatic heterocycles. The Labute approximate surface area is 153 Å². The Bertz CT molecular complexity index is 938. The van der Waals surface area contributed by atoms with E-state index in [-0.39, 0.29) is 5.15 Å². The van der Waals surface area contributed by atoms with E-state index in [1.54, 1.807) is 0 Å². The molecule has 2 heterocycles. The molecule has 0 amide bonds. The summed E-state index contributed by atoms with van der Waals surface area (Å²) in [6, 6.07) is 9.16. The highest BCUT2D eigenvalue weighted by Crippen LogP contribution is 2.28. The molecule has 0 aliphatic carbocycles. The number of aromatic nitrogens is 2. The fraction of sp³-hybridized carbons (Fsp3) is 0. The predicted molar refractivity (Wildman–Crippen MR) is 92.1 cm³/mol. The molecule has 3 aromatic rings. The van der Waals surface area contributed by atoms with E-state index >= 15 is 0 Å². The minimum absolute atomic E-state index is 0.0898. The van der Waals surface area contributed by atoms with Gasteiger partial charge in [0.05, 0.1) is 11.1 Å². The van der Waals surface area contributed by atoms with Gasteiger partial charge in [-0.05, 0) is 12.1 Å². The Hall–Kier alpha value is -2.72. The first-order valence-electron chi connectivity index (χ1n) is 6.93. The summed E-state index contributed by atoms with van der Waals surface area (Å²) in [5.74, 6) is -6.95. The summed E-state index contributed by atoms with van der Waals surface area (Å²) < 4.78 is 53.0. The van der Waals surface area contributed by atoms with Crippen LogP contribution in [0, 0.1) is 23.5 Å². The second kappa shape index (κ2) is 7.67. The van der Waals surface area contributed by atoms with Crippen LogP contribution >= 0.6 is 22.9 Å². The molecular weight excluding hydrogens is 394 g/mol. The summed E-state index contributed by atoms with van der Waals surface area (Å²) in [7, 11) is 0. The summed E-state index contributed by atoms with van der Waals surface area (Å²) in [5, 5.41) is 7.11. The molecule has 0 aliphatic rings. The number of nitrogens with one attached hydrogen (secondary N) is 2. The smallest absolute Gasteiger partial charge is 0.254 e. The van der Waals surface area contributed by atoms with Gasteiger partial charge in [0.25, 0.3) is 11.9 Å². The van der Waals surface area contributed by atoms with Crippen LogP contribution in [0.2, 0.25) is 5.15 Å². The number of halogens is 5. The number of thiazole rings is 1. The summed E-state index contributed by atoms with van der Waals surface area (Å²) in [5.41, 5.74) is 1.58. The molecule has 1 aromatic carbocycles. The van der Waals surface area contributed by atoms with Gasteiger partial charge in [-0.1, -0.05) is 41.1 Å². The van der Waals surface area contributed by atoms with E-state index < -0.39 is 29.2 Å². The number of anilines is 3. The van der Waals surface area contributed by atoms with Crippen LogP contribution in [0.4, 0.5) is 34.1 Å². The second-order valence-corrected chi connectivity index (χ2v) is 6.12. The van der Waals surface area contributed by atoms with Crippen LogP contribution in [0.1, 0.15) is 4.88 Å². The Balaban J connectivity index is 1.76.